The fourth-order valence-electron chi connectivity index (χ4n) is 8.79. The van der Waals surface area contributed by atoms with Gasteiger partial charge in [0.25, 0.3) is 0 Å². The Morgan fingerprint density at radius 2 is 1.54 bits per heavy atom. The summed E-state index contributed by atoms with van der Waals surface area (Å²) in [5, 5.41) is 7.79. The maximum Gasteiger partial charge on any atom is 0.469 e. The zero-order chi connectivity index (χ0) is 45.9. The molecular weight excluding hydrogens is 849 g/mol. The van der Waals surface area contributed by atoms with Crippen molar-refractivity contribution in [3.05, 3.63) is 70.8 Å². The smallest absolute Gasteiger partial charge is 0.458 e. The van der Waals surface area contributed by atoms with Crippen molar-refractivity contribution < 1.29 is 66.0 Å². The molecule has 5 N–H and O–H groups in total. The van der Waals surface area contributed by atoms with Gasteiger partial charge in [-0.05, 0) is 75.6 Å². The molecule has 0 bridgehead atoms. The lowest BCUT2D eigenvalue weighted by atomic mass is 9.98. The second-order valence-electron chi connectivity index (χ2n) is 17.0. The monoisotopic (exact) mass is 902 g/mol. The van der Waals surface area contributed by atoms with E-state index in [-0.39, 0.29) is 43.8 Å². The Balaban J connectivity index is 1.39. The fraction of sp³-hybridized carbons (Fsp3) is 0.548. The molecule has 4 saturated heterocycles. The molecule has 6 rings (SSSR count). The Morgan fingerprint density at radius 1 is 0.873 bits per heavy atom. The molecule has 4 aliphatic rings. The standard InChI is InChI=1S/C42H53F2N6O12P/c1-22-8-10-26(11-9-22)17-35(51)46-31(16-27-14-28(43)18-29(44)15-27)37(52)47-36-25(4)61-42(57)34-13-23(2)20-49(34)39(54)24(3)45-38(53)32-7-5-6-12-48(32)40(55)33-19-30(62-63(58,59)60)21-50(33)41(36)56/h8-11,14-15,18,23-25,30-34,36H,5-7,12-13,16-17,19-21H2,1-4H3,(H,45,53)(H,46,51)(H,47,52)(H2,58,59,60)/t23-,24+,25+,30-,31+,32+,33+,34+,36+/m1/s1. The maximum absolute atomic E-state index is 15.0. The second kappa shape index (κ2) is 19.6. The van der Waals surface area contributed by atoms with Crippen LogP contribution in [0.4, 0.5) is 8.78 Å². The first-order valence-corrected chi connectivity index (χ1v) is 22.5. The third kappa shape index (κ3) is 11.6. The van der Waals surface area contributed by atoms with Crippen LogP contribution in [0.25, 0.3) is 0 Å². The van der Waals surface area contributed by atoms with Crippen LogP contribution in [0.2, 0.25) is 0 Å². The van der Waals surface area contributed by atoms with Crippen LogP contribution in [-0.2, 0) is 60.2 Å². The number of fused-ring (bicyclic) bond motifs is 3. The first-order chi connectivity index (χ1) is 29.7. The van der Waals surface area contributed by atoms with Crippen LogP contribution in [0, 0.1) is 24.5 Å². The number of nitrogens with zero attached hydrogens (tertiary/aromatic N) is 3. The highest BCUT2D eigenvalue weighted by molar-refractivity contribution is 7.46. The van der Waals surface area contributed by atoms with Gasteiger partial charge >= 0.3 is 13.8 Å². The summed E-state index contributed by atoms with van der Waals surface area (Å²) < 4.78 is 51.7. The van der Waals surface area contributed by atoms with E-state index in [0.717, 1.165) is 22.6 Å². The summed E-state index contributed by atoms with van der Waals surface area (Å²) >= 11 is 0. The first-order valence-electron chi connectivity index (χ1n) is 20.9. The molecule has 0 radical (unpaired) electrons. The van der Waals surface area contributed by atoms with Crippen molar-refractivity contribution >= 4 is 49.2 Å². The van der Waals surface area contributed by atoms with E-state index in [1.807, 2.05) is 13.8 Å². The van der Waals surface area contributed by atoms with Gasteiger partial charge in [0.2, 0.25) is 35.4 Å². The SMILES string of the molecule is Cc1ccc(CC(=O)N[C@@H](Cc2cc(F)cc(F)c2)C(=O)N[C@@H]2C(=O)N3C[C@H](OP(=O)(O)O)C[C@H]3C(=O)N3CCCC[C@H]3C(=O)N[C@@H](C)C(=O)N3C[C@H](C)C[C@H]3C(=O)O[C@H]2C)cc1. The van der Waals surface area contributed by atoms with Crippen molar-refractivity contribution in [2.24, 2.45) is 5.92 Å². The summed E-state index contributed by atoms with van der Waals surface area (Å²) in [4.78, 5) is 122. The van der Waals surface area contributed by atoms with Crippen LogP contribution in [0.1, 0.15) is 69.6 Å². The Bertz CT molecular complexity index is 2140. The minimum absolute atomic E-state index is 0.0378. The summed E-state index contributed by atoms with van der Waals surface area (Å²) in [5.74, 6) is -7.89. The Morgan fingerprint density at radius 3 is 2.21 bits per heavy atom. The first kappa shape index (κ1) is 47.2. The summed E-state index contributed by atoms with van der Waals surface area (Å²) in [6.07, 6.45) is -2.76. The van der Waals surface area contributed by atoms with Crippen molar-refractivity contribution in [2.75, 3.05) is 19.6 Å². The van der Waals surface area contributed by atoms with E-state index in [1.165, 1.54) is 23.6 Å². The number of amides is 6. The summed E-state index contributed by atoms with van der Waals surface area (Å²) in [5.41, 5.74) is 1.47. The number of carbonyl (C=O) groups excluding carboxylic acids is 7. The molecule has 4 fully saturated rings. The molecule has 6 amide bonds. The third-order valence-electron chi connectivity index (χ3n) is 11.8. The van der Waals surface area contributed by atoms with Gasteiger partial charge in [0.05, 0.1) is 12.5 Å². The molecule has 0 aromatic heterocycles. The zero-order valence-electron chi connectivity index (χ0n) is 35.3. The Hall–Kier alpha value is -5.30. The van der Waals surface area contributed by atoms with E-state index in [2.05, 4.69) is 16.0 Å². The number of rotatable bonds is 9. The summed E-state index contributed by atoms with van der Waals surface area (Å²) in [6, 6.07) is 1.13. The Kier molecular flexibility index (Phi) is 14.7. The number of hydrogen-bond acceptors (Lipinski definition) is 10. The molecule has 342 valence electrons. The molecule has 0 saturated carbocycles. The van der Waals surface area contributed by atoms with Gasteiger partial charge in [-0.1, -0.05) is 36.8 Å². The maximum atomic E-state index is 15.0. The number of carbonyl (C=O) groups is 7. The molecule has 2 aromatic rings. The molecule has 4 heterocycles. The molecule has 18 nitrogen and oxygen atoms in total. The predicted molar refractivity (Wildman–Crippen MR) is 218 cm³/mol. The average Bonchev–Trinajstić information content (AvgIpc) is 3.81. The van der Waals surface area contributed by atoms with Gasteiger partial charge in [-0.2, -0.15) is 0 Å². The highest BCUT2D eigenvalue weighted by Crippen LogP contribution is 2.41. The van der Waals surface area contributed by atoms with E-state index < -0.39 is 129 Å². The number of cyclic esters (lactones) is 1. The molecule has 0 spiro atoms. The topological polar surface area (TPSA) is 241 Å². The molecule has 63 heavy (non-hydrogen) atoms. The molecule has 0 aliphatic carbocycles. The number of nitrogens with one attached hydrogen (secondary N) is 3. The van der Waals surface area contributed by atoms with Crippen molar-refractivity contribution in [3.8, 4) is 0 Å². The van der Waals surface area contributed by atoms with Crippen molar-refractivity contribution in [1.29, 1.82) is 0 Å². The Labute approximate surface area is 362 Å². The van der Waals surface area contributed by atoms with Gasteiger partial charge in [0.1, 0.15) is 54.0 Å². The van der Waals surface area contributed by atoms with Gasteiger partial charge in [-0.25, -0.2) is 18.1 Å². The lowest BCUT2D eigenvalue weighted by Gasteiger charge is -2.39. The van der Waals surface area contributed by atoms with Crippen molar-refractivity contribution in [2.45, 2.75) is 121 Å². The van der Waals surface area contributed by atoms with Gasteiger partial charge in [-0.15, -0.1) is 0 Å². The van der Waals surface area contributed by atoms with Crippen LogP contribution in [0.15, 0.2) is 42.5 Å². The van der Waals surface area contributed by atoms with E-state index in [4.69, 9.17) is 9.26 Å². The van der Waals surface area contributed by atoms with Crippen LogP contribution >= 0.6 is 7.82 Å². The second-order valence-corrected chi connectivity index (χ2v) is 18.2. The minimum Gasteiger partial charge on any atom is -0.458 e. The van der Waals surface area contributed by atoms with Crippen molar-refractivity contribution in [3.63, 3.8) is 0 Å². The van der Waals surface area contributed by atoms with Gasteiger partial charge in [0.15, 0.2) is 0 Å². The third-order valence-corrected chi connectivity index (χ3v) is 12.4. The minimum atomic E-state index is -5.20. The largest absolute Gasteiger partial charge is 0.469 e. The van der Waals surface area contributed by atoms with Crippen LogP contribution in [-0.4, -0.2) is 134 Å². The number of aryl methyl sites for hydroxylation is 1. The highest BCUT2D eigenvalue weighted by Gasteiger charge is 2.50. The number of phosphoric ester groups is 1. The number of halogens is 2. The van der Waals surface area contributed by atoms with Gasteiger partial charge in [0, 0.05) is 38.5 Å². The fourth-order valence-corrected chi connectivity index (χ4v) is 9.33. The van der Waals surface area contributed by atoms with Crippen LogP contribution in [0.3, 0.4) is 0 Å². The van der Waals surface area contributed by atoms with Crippen LogP contribution < -0.4 is 16.0 Å². The summed E-state index contributed by atoms with van der Waals surface area (Å²) in [7, 11) is -5.20. The van der Waals surface area contributed by atoms with Gasteiger partial charge in [-0.3, -0.25) is 33.3 Å². The molecule has 21 heteroatoms. The predicted octanol–water partition coefficient (Wildman–Crippen LogP) is 1.17. The number of esters is 1. The molecular formula is C42H53F2N6O12P. The van der Waals surface area contributed by atoms with Gasteiger partial charge < -0.3 is 45.2 Å². The number of benzene rings is 2. The molecule has 4 aliphatic heterocycles. The van der Waals surface area contributed by atoms with E-state index in [9.17, 15) is 56.7 Å². The van der Waals surface area contributed by atoms with E-state index in [1.54, 1.807) is 24.3 Å². The number of piperidine rings is 1. The molecule has 9 atom stereocenters. The average molecular weight is 903 g/mol. The van der Waals surface area contributed by atoms with Crippen LogP contribution in [0.5, 0.6) is 0 Å². The van der Waals surface area contributed by atoms with E-state index >= 15 is 0 Å². The number of hydrogen-bond donors (Lipinski definition) is 5. The molecule has 0 unspecified atom stereocenters. The lowest BCUT2D eigenvalue weighted by molar-refractivity contribution is -0.163. The lowest BCUT2D eigenvalue weighted by Crippen LogP contribution is -2.63. The number of ether oxygens (including phenoxy) is 1. The van der Waals surface area contributed by atoms with E-state index in [0.29, 0.717) is 24.5 Å². The zero-order valence-corrected chi connectivity index (χ0v) is 36.2. The molecule has 2 aromatic carbocycles. The normalized spacial score (nSPS) is 27.8. The highest BCUT2D eigenvalue weighted by atomic mass is 31.2. The summed E-state index contributed by atoms with van der Waals surface area (Å²) in [6.45, 7) is 6.00. The quantitative estimate of drug-likeness (QED) is 0.176. The number of phosphoric acid groups is 1. The van der Waals surface area contributed by atoms with Crippen molar-refractivity contribution in [1.82, 2.24) is 30.7 Å².